The van der Waals surface area contributed by atoms with Gasteiger partial charge >= 0.3 is 0 Å². The van der Waals surface area contributed by atoms with Crippen molar-refractivity contribution in [1.82, 2.24) is 9.97 Å². The molecule has 2 aromatic rings. The fraction of sp³-hybridized carbons (Fsp3) is 0.0909. The van der Waals surface area contributed by atoms with E-state index < -0.39 is 0 Å². The first-order valence-corrected chi connectivity index (χ1v) is 5.59. The van der Waals surface area contributed by atoms with Crippen LogP contribution in [0.1, 0.15) is 5.56 Å². The Morgan fingerprint density at radius 2 is 2.06 bits per heavy atom. The average Bonchev–Trinajstić information content (AvgIpc) is 2.29. The van der Waals surface area contributed by atoms with Crippen LogP contribution in [0.5, 0.6) is 0 Å². The molecule has 0 amide bonds. The van der Waals surface area contributed by atoms with Gasteiger partial charge in [-0.15, -0.1) is 0 Å². The van der Waals surface area contributed by atoms with E-state index in [9.17, 15) is 5.11 Å². The highest BCUT2D eigenvalue weighted by atomic mass is 35.5. The molecule has 0 atom stereocenters. The van der Waals surface area contributed by atoms with E-state index in [4.69, 9.17) is 23.2 Å². The maximum Gasteiger partial charge on any atom is 0.224 e. The number of hydrogen-bond acceptors (Lipinski definition) is 4. The van der Waals surface area contributed by atoms with Crippen LogP contribution in [0.4, 0.5) is 11.5 Å². The summed E-state index contributed by atoms with van der Waals surface area (Å²) in [4.78, 5) is 7.77. The molecule has 0 saturated heterocycles. The zero-order chi connectivity index (χ0) is 12.3. The lowest BCUT2D eigenvalue weighted by Gasteiger charge is -2.10. The summed E-state index contributed by atoms with van der Waals surface area (Å²) in [5.41, 5.74) is 1.42. The Morgan fingerprint density at radius 1 is 1.24 bits per heavy atom. The van der Waals surface area contributed by atoms with Gasteiger partial charge in [0.05, 0.1) is 6.61 Å². The minimum Gasteiger partial charge on any atom is -0.392 e. The molecule has 17 heavy (non-hydrogen) atoms. The van der Waals surface area contributed by atoms with Gasteiger partial charge in [0.1, 0.15) is 5.82 Å². The Hall–Kier alpha value is -1.36. The van der Waals surface area contributed by atoms with Crippen molar-refractivity contribution in [2.45, 2.75) is 6.61 Å². The molecular weight excluding hydrogens is 261 g/mol. The number of aliphatic hydroxyl groups excluding tert-OH is 1. The van der Waals surface area contributed by atoms with Crippen LogP contribution < -0.4 is 5.32 Å². The highest BCUT2D eigenvalue weighted by molar-refractivity contribution is 6.31. The van der Waals surface area contributed by atoms with Crippen LogP contribution in [0.15, 0.2) is 30.5 Å². The van der Waals surface area contributed by atoms with Crippen molar-refractivity contribution in [2.24, 2.45) is 0 Å². The molecule has 4 nitrogen and oxygen atoms in total. The lowest BCUT2D eigenvalue weighted by atomic mass is 10.2. The van der Waals surface area contributed by atoms with Crippen molar-refractivity contribution < 1.29 is 5.11 Å². The van der Waals surface area contributed by atoms with E-state index in [1.165, 1.54) is 0 Å². The van der Waals surface area contributed by atoms with Crippen molar-refractivity contribution in [3.8, 4) is 0 Å². The molecule has 6 heteroatoms. The number of nitrogens with zero attached hydrogens (tertiary/aromatic N) is 2. The molecule has 0 unspecified atom stereocenters. The number of rotatable bonds is 3. The maximum atomic E-state index is 9.20. The van der Waals surface area contributed by atoms with Crippen molar-refractivity contribution in [3.05, 3.63) is 46.3 Å². The summed E-state index contributed by atoms with van der Waals surface area (Å²) in [6, 6.07) is 6.84. The molecule has 0 radical (unpaired) electrons. The SMILES string of the molecule is OCc1ccc(Cl)cc1Nc1ccnc(Cl)n1. The Labute approximate surface area is 108 Å². The lowest BCUT2D eigenvalue weighted by Crippen LogP contribution is -1.98. The molecule has 1 heterocycles. The maximum absolute atomic E-state index is 9.20. The van der Waals surface area contributed by atoms with E-state index in [0.29, 0.717) is 16.5 Å². The lowest BCUT2D eigenvalue weighted by molar-refractivity contribution is 0.282. The molecule has 88 valence electrons. The fourth-order valence-electron chi connectivity index (χ4n) is 1.35. The minimum atomic E-state index is -0.0850. The Kier molecular flexibility index (Phi) is 3.78. The Bertz CT molecular complexity index is 534. The van der Waals surface area contributed by atoms with Crippen LogP contribution in [-0.2, 0) is 6.61 Å². The topological polar surface area (TPSA) is 58.0 Å². The first-order chi connectivity index (χ1) is 8.19. The van der Waals surface area contributed by atoms with Gasteiger partial charge in [-0.25, -0.2) is 9.97 Å². The molecule has 2 rings (SSSR count). The van der Waals surface area contributed by atoms with Crippen molar-refractivity contribution in [3.63, 3.8) is 0 Å². The molecule has 0 fully saturated rings. The van der Waals surface area contributed by atoms with Crippen LogP contribution in [-0.4, -0.2) is 15.1 Å². The zero-order valence-corrected chi connectivity index (χ0v) is 10.2. The third kappa shape index (κ3) is 3.06. The number of benzene rings is 1. The second-order valence-electron chi connectivity index (χ2n) is 3.30. The van der Waals surface area contributed by atoms with E-state index in [1.54, 1.807) is 30.5 Å². The largest absolute Gasteiger partial charge is 0.392 e. The van der Waals surface area contributed by atoms with E-state index in [1.807, 2.05) is 0 Å². The highest BCUT2D eigenvalue weighted by Crippen LogP contribution is 2.24. The first-order valence-electron chi connectivity index (χ1n) is 4.84. The third-order valence-corrected chi connectivity index (χ3v) is 2.55. The molecule has 1 aromatic heterocycles. The number of aromatic nitrogens is 2. The standard InChI is InChI=1S/C11H9Cl2N3O/c12-8-2-1-7(6-17)9(5-8)15-10-3-4-14-11(13)16-10/h1-5,17H,6H2,(H,14,15,16). The molecule has 0 spiro atoms. The number of hydrogen-bond donors (Lipinski definition) is 2. The number of nitrogens with one attached hydrogen (secondary N) is 1. The number of aliphatic hydroxyl groups is 1. The second kappa shape index (κ2) is 5.31. The van der Waals surface area contributed by atoms with Crippen molar-refractivity contribution >= 4 is 34.7 Å². The summed E-state index contributed by atoms with van der Waals surface area (Å²) in [6.45, 7) is -0.0850. The first kappa shape index (κ1) is 12.1. The average molecular weight is 270 g/mol. The van der Waals surface area contributed by atoms with Gasteiger partial charge in [-0.2, -0.15) is 0 Å². The Balaban J connectivity index is 2.32. The van der Waals surface area contributed by atoms with E-state index >= 15 is 0 Å². The smallest absolute Gasteiger partial charge is 0.224 e. The van der Waals surface area contributed by atoms with Crippen molar-refractivity contribution in [1.29, 1.82) is 0 Å². The fourth-order valence-corrected chi connectivity index (χ4v) is 1.66. The molecule has 0 aliphatic carbocycles. The van der Waals surface area contributed by atoms with Crippen LogP contribution in [0.25, 0.3) is 0 Å². The number of halogens is 2. The van der Waals surface area contributed by atoms with Crippen LogP contribution >= 0.6 is 23.2 Å². The molecule has 0 aliphatic rings. The molecule has 0 aliphatic heterocycles. The second-order valence-corrected chi connectivity index (χ2v) is 4.07. The van der Waals surface area contributed by atoms with Gasteiger partial charge in [0.15, 0.2) is 0 Å². The predicted molar refractivity (Wildman–Crippen MR) is 67.7 cm³/mol. The summed E-state index contributed by atoms with van der Waals surface area (Å²) in [5.74, 6) is 0.543. The third-order valence-electron chi connectivity index (χ3n) is 2.13. The minimum absolute atomic E-state index is 0.0850. The quantitative estimate of drug-likeness (QED) is 0.842. The van der Waals surface area contributed by atoms with Gasteiger partial charge in [-0.3, -0.25) is 0 Å². The van der Waals surface area contributed by atoms with Gasteiger partial charge in [0, 0.05) is 22.5 Å². The summed E-state index contributed by atoms with van der Waals surface area (Å²) in [6.07, 6.45) is 1.54. The van der Waals surface area contributed by atoms with Gasteiger partial charge in [0.2, 0.25) is 5.28 Å². The molecule has 1 aromatic carbocycles. The molecule has 2 N–H and O–H groups in total. The van der Waals surface area contributed by atoms with Gasteiger partial charge < -0.3 is 10.4 Å². The van der Waals surface area contributed by atoms with Crippen molar-refractivity contribution in [2.75, 3.05) is 5.32 Å². The Morgan fingerprint density at radius 3 is 2.76 bits per heavy atom. The molecular formula is C11H9Cl2N3O. The van der Waals surface area contributed by atoms with Crippen LogP contribution in [0.2, 0.25) is 10.3 Å². The van der Waals surface area contributed by atoms with E-state index in [2.05, 4.69) is 15.3 Å². The summed E-state index contributed by atoms with van der Waals surface area (Å²) >= 11 is 11.6. The zero-order valence-electron chi connectivity index (χ0n) is 8.69. The number of anilines is 2. The summed E-state index contributed by atoms with van der Waals surface area (Å²) < 4.78 is 0. The van der Waals surface area contributed by atoms with E-state index in [0.717, 1.165) is 5.56 Å². The highest BCUT2D eigenvalue weighted by Gasteiger charge is 2.04. The monoisotopic (exact) mass is 269 g/mol. The van der Waals surface area contributed by atoms with Gasteiger partial charge in [-0.1, -0.05) is 17.7 Å². The summed E-state index contributed by atoms with van der Waals surface area (Å²) in [7, 11) is 0. The van der Waals surface area contributed by atoms with E-state index in [-0.39, 0.29) is 11.9 Å². The molecule has 0 saturated carbocycles. The van der Waals surface area contributed by atoms with Crippen LogP contribution in [0, 0.1) is 0 Å². The van der Waals surface area contributed by atoms with Gasteiger partial charge in [-0.05, 0) is 29.8 Å². The summed E-state index contributed by atoms with van der Waals surface area (Å²) in [5, 5.41) is 13.0. The van der Waals surface area contributed by atoms with Gasteiger partial charge in [0.25, 0.3) is 0 Å². The molecule has 0 bridgehead atoms. The normalized spacial score (nSPS) is 10.3. The van der Waals surface area contributed by atoms with Crippen LogP contribution in [0.3, 0.4) is 0 Å². The predicted octanol–water partition coefficient (Wildman–Crippen LogP) is 3.02.